The van der Waals surface area contributed by atoms with E-state index in [1.54, 1.807) is 0 Å². The zero-order valence-electron chi connectivity index (χ0n) is 9.75. The third-order valence-electron chi connectivity index (χ3n) is 2.61. The lowest BCUT2D eigenvalue weighted by atomic mass is 10.1. The molecule has 1 atom stereocenters. The minimum absolute atomic E-state index is 0.372. The van der Waals surface area contributed by atoms with Crippen LogP contribution in [0.3, 0.4) is 0 Å². The molecule has 0 aliphatic rings. The van der Waals surface area contributed by atoms with Crippen molar-refractivity contribution in [3.8, 4) is 0 Å². The average molecular weight is 240 g/mol. The van der Waals surface area contributed by atoms with E-state index in [2.05, 4.69) is 61.2 Å². The summed E-state index contributed by atoms with van der Waals surface area (Å²) in [4.78, 5) is 0. The summed E-state index contributed by atoms with van der Waals surface area (Å²) >= 11 is 1.91. The summed E-state index contributed by atoms with van der Waals surface area (Å²) < 4.78 is 0. The van der Waals surface area contributed by atoms with Crippen LogP contribution in [-0.4, -0.2) is 0 Å². The van der Waals surface area contributed by atoms with Crippen molar-refractivity contribution in [2.45, 2.75) is 11.0 Å². The van der Waals surface area contributed by atoms with E-state index in [9.17, 15) is 0 Å². The molecule has 0 aromatic heterocycles. The highest BCUT2D eigenvalue weighted by molar-refractivity contribution is 7.98. The highest BCUT2D eigenvalue weighted by Gasteiger charge is 2.07. The van der Waals surface area contributed by atoms with Gasteiger partial charge in [-0.3, -0.25) is 0 Å². The van der Waals surface area contributed by atoms with Crippen molar-refractivity contribution < 1.29 is 0 Å². The van der Waals surface area contributed by atoms with E-state index in [0.29, 0.717) is 5.25 Å². The van der Waals surface area contributed by atoms with Crippen molar-refractivity contribution >= 4 is 11.8 Å². The molecular formula is C16H16S. The molecule has 0 N–H and O–H groups in total. The number of rotatable bonds is 5. The Balaban J connectivity index is 2.00. The van der Waals surface area contributed by atoms with Gasteiger partial charge in [0.05, 0.1) is 0 Å². The predicted octanol–water partition coefficient (Wildman–Crippen LogP) is 4.85. The smallest absolute Gasteiger partial charge is 0.0477 e. The average Bonchev–Trinajstić information content (AvgIpc) is 2.42. The first kappa shape index (κ1) is 12.0. The topological polar surface area (TPSA) is 0 Å². The zero-order valence-corrected chi connectivity index (χ0v) is 10.6. The van der Waals surface area contributed by atoms with Crippen molar-refractivity contribution in [2.75, 3.05) is 0 Å². The van der Waals surface area contributed by atoms with E-state index < -0.39 is 0 Å². The first-order valence-corrected chi connectivity index (χ1v) is 6.78. The summed E-state index contributed by atoms with van der Waals surface area (Å²) in [7, 11) is 0. The van der Waals surface area contributed by atoms with Crippen molar-refractivity contribution in [3.63, 3.8) is 0 Å². The Morgan fingerprint density at radius 1 is 0.941 bits per heavy atom. The Kier molecular flexibility index (Phi) is 4.45. The lowest BCUT2D eigenvalue weighted by Crippen LogP contribution is -1.90. The lowest BCUT2D eigenvalue weighted by Gasteiger charge is -2.12. The van der Waals surface area contributed by atoms with E-state index in [1.807, 2.05) is 23.9 Å². The second-order valence-electron chi connectivity index (χ2n) is 3.86. The van der Waals surface area contributed by atoms with Gasteiger partial charge < -0.3 is 0 Å². The van der Waals surface area contributed by atoms with Gasteiger partial charge in [-0.25, -0.2) is 0 Å². The zero-order chi connectivity index (χ0) is 11.9. The summed E-state index contributed by atoms with van der Waals surface area (Å²) in [5.41, 5.74) is 2.68. The maximum absolute atomic E-state index is 3.93. The standard InChI is InChI=1S/C16H16S/c1-2-16(15-11-7-4-8-12-15)17-13-14-9-5-3-6-10-14/h2-12,16H,1,13H2. The molecule has 2 rings (SSSR count). The molecule has 1 heteroatoms. The SMILES string of the molecule is C=CC(SCc1ccccc1)c1ccccc1. The van der Waals surface area contributed by atoms with Gasteiger partial charge in [-0.15, -0.1) is 18.3 Å². The van der Waals surface area contributed by atoms with Gasteiger partial charge in [0.15, 0.2) is 0 Å². The monoisotopic (exact) mass is 240 g/mol. The Labute approximate surface area is 107 Å². The maximum atomic E-state index is 3.93. The molecule has 0 saturated carbocycles. The van der Waals surface area contributed by atoms with E-state index in [-0.39, 0.29) is 0 Å². The fourth-order valence-electron chi connectivity index (χ4n) is 1.70. The Bertz CT molecular complexity index is 447. The van der Waals surface area contributed by atoms with Gasteiger partial charge in [0.2, 0.25) is 0 Å². The van der Waals surface area contributed by atoms with Crippen molar-refractivity contribution in [1.29, 1.82) is 0 Å². The third kappa shape index (κ3) is 3.50. The minimum atomic E-state index is 0.372. The number of thioether (sulfide) groups is 1. The first-order valence-electron chi connectivity index (χ1n) is 5.73. The quantitative estimate of drug-likeness (QED) is 0.673. The second-order valence-corrected chi connectivity index (χ2v) is 4.99. The van der Waals surface area contributed by atoms with Crippen molar-refractivity contribution in [1.82, 2.24) is 0 Å². The van der Waals surface area contributed by atoms with Gasteiger partial charge >= 0.3 is 0 Å². The molecule has 17 heavy (non-hydrogen) atoms. The summed E-state index contributed by atoms with van der Waals surface area (Å²) in [5.74, 6) is 1.02. The molecule has 0 aliphatic heterocycles. The molecule has 0 amide bonds. The van der Waals surface area contributed by atoms with E-state index in [1.165, 1.54) is 11.1 Å². The lowest BCUT2D eigenvalue weighted by molar-refractivity contribution is 1.22. The van der Waals surface area contributed by atoms with E-state index in [4.69, 9.17) is 0 Å². The molecule has 0 heterocycles. The van der Waals surface area contributed by atoms with Gasteiger partial charge in [-0.05, 0) is 11.1 Å². The molecule has 1 unspecified atom stereocenters. The van der Waals surface area contributed by atoms with Crippen LogP contribution in [-0.2, 0) is 5.75 Å². The third-order valence-corrected chi connectivity index (χ3v) is 3.94. The van der Waals surface area contributed by atoms with Crippen LogP contribution in [0.5, 0.6) is 0 Å². The summed E-state index contributed by atoms with van der Waals surface area (Å²) in [6.07, 6.45) is 2.02. The predicted molar refractivity (Wildman–Crippen MR) is 77.1 cm³/mol. The molecule has 0 bridgehead atoms. The van der Waals surface area contributed by atoms with Crippen molar-refractivity contribution in [3.05, 3.63) is 84.4 Å². The highest BCUT2D eigenvalue weighted by atomic mass is 32.2. The molecule has 2 aromatic rings. The van der Waals surface area contributed by atoms with Crippen LogP contribution < -0.4 is 0 Å². The van der Waals surface area contributed by atoms with Gasteiger partial charge in [0.1, 0.15) is 0 Å². The molecule has 0 aliphatic carbocycles. The number of hydrogen-bond acceptors (Lipinski definition) is 1. The minimum Gasteiger partial charge on any atom is -0.145 e. The molecule has 0 spiro atoms. The second kappa shape index (κ2) is 6.31. The molecule has 0 saturated heterocycles. The number of hydrogen-bond donors (Lipinski definition) is 0. The maximum Gasteiger partial charge on any atom is 0.0477 e. The molecule has 0 radical (unpaired) electrons. The summed E-state index contributed by atoms with van der Waals surface area (Å²) in [5, 5.41) is 0.372. The first-order chi connectivity index (χ1) is 8.40. The van der Waals surface area contributed by atoms with E-state index in [0.717, 1.165) is 5.75 Å². The van der Waals surface area contributed by atoms with Crippen LogP contribution in [0.2, 0.25) is 0 Å². The number of benzene rings is 2. The Morgan fingerprint density at radius 2 is 1.53 bits per heavy atom. The van der Waals surface area contributed by atoms with Crippen LogP contribution in [0, 0.1) is 0 Å². The van der Waals surface area contributed by atoms with Gasteiger partial charge in [0.25, 0.3) is 0 Å². The van der Waals surface area contributed by atoms with Gasteiger partial charge in [-0.2, -0.15) is 0 Å². The van der Waals surface area contributed by atoms with Crippen LogP contribution in [0.4, 0.5) is 0 Å². The van der Waals surface area contributed by atoms with Crippen LogP contribution in [0.15, 0.2) is 73.3 Å². The Morgan fingerprint density at radius 3 is 2.12 bits per heavy atom. The fourth-order valence-corrected chi connectivity index (χ4v) is 2.75. The molecule has 86 valence electrons. The Hall–Kier alpha value is -1.47. The van der Waals surface area contributed by atoms with E-state index >= 15 is 0 Å². The van der Waals surface area contributed by atoms with Crippen LogP contribution in [0.25, 0.3) is 0 Å². The summed E-state index contributed by atoms with van der Waals surface area (Å²) in [6.45, 7) is 3.93. The molecule has 0 fully saturated rings. The summed E-state index contributed by atoms with van der Waals surface area (Å²) in [6, 6.07) is 21.1. The van der Waals surface area contributed by atoms with Crippen molar-refractivity contribution in [2.24, 2.45) is 0 Å². The van der Waals surface area contributed by atoms with Crippen LogP contribution >= 0.6 is 11.8 Å². The molecule has 0 nitrogen and oxygen atoms in total. The van der Waals surface area contributed by atoms with Gasteiger partial charge in [0, 0.05) is 11.0 Å². The van der Waals surface area contributed by atoms with Crippen LogP contribution in [0.1, 0.15) is 16.4 Å². The highest BCUT2D eigenvalue weighted by Crippen LogP contribution is 2.32. The molecular weight excluding hydrogens is 224 g/mol. The molecule has 2 aromatic carbocycles. The van der Waals surface area contributed by atoms with Gasteiger partial charge in [-0.1, -0.05) is 66.7 Å². The normalized spacial score (nSPS) is 12.0. The fraction of sp³-hybridized carbons (Fsp3) is 0.125. The largest absolute Gasteiger partial charge is 0.145 e.